The van der Waals surface area contributed by atoms with Gasteiger partial charge < -0.3 is 10.6 Å². The van der Waals surface area contributed by atoms with Crippen LogP contribution in [0.3, 0.4) is 0 Å². The topological polar surface area (TPSA) is 66.6 Å². The zero-order valence-corrected chi connectivity index (χ0v) is 12.4. The minimum atomic E-state index is -3.42. The van der Waals surface area contributed by atoms with Gasteiger partial charge in [0.05, 0.1) is 16.3 Å². The van der Waals surface area contributed by atoms with E-state index in [1.165, 1.54) is 18.4 Å². The van der Waals surface area contributed by atoms with E-state index in [9.17, 15) is 8.42 Å². The number of nitrogens with two attached hydrogens (primary N) is 1. The first-order chi connectivity index (χ1) is 8.82. The molecule has 5 nitrogen and oxygen atoms in total. The molecule has 0 aromatic heterocycles. The molecule has 0 saturated carbocycles. The molecule has 19 heavy (non-hydrogen) atoms. The zero-order chi connectivity index (χ0) is 14.2. The lowest BCUT2D eigenvalue weighted by molar-refractivity contribution is 0.521. The van der Waals surface area contributed by atoms with Crippen molar-refractivity contribution >= 4 is 21.4 Å². The molecule has 2 rings (SSSR count). The Morgan fingerprint density at radius 1 is 1.37 bits per heavy atom. The highest BCUT2D eigenvalue weighted by Gasteiger charge is 2.23. The highest BCUT2D eigenvalue weighted by molar-refractivity contribution is 7.89. The molecule has 1 saturated heterocycles. The van der Waals surface area contributed by atoms with Crippen molar-refractivity contribution in [1.29, 1.82) is 0 Å². The van der Waals surface area contributed by atoms with E-state index in [0.717, 1.165) is 25.2 Å². The van der Waals surface area contributed by atoms with Crippen LogP contribution < -0.4 is 10.6 Å². The minimum Gasteiger partial charge on any atom is -0.397 e. The number of hydrogen-bond acceptors (Lipinski definition) is 4. The van der Waals surface area contributed by atoms with Gasteiger partial charge in [0.25, 0.3) is 0 Å². The van der Waals surface area contributed by atoms with Crippen molar-refractivity contribution in [2.45, 2.75) is 18.2 Å². The summed E-state index contributed by atoms with van der Waals surface area (Å²) in [5.74, 6) is 0.657. The average molecular weight is 283 g/mol. The minimum absolute atomic E-state index is 0.242. The summed E-state index contributed by atoms with van der Waals surface area (Å²) in [5, 5.41) is 0. The number of nitrogens with zero attached hydrogens (tertiary/aromatic N) is 2. The van der Waals surface area contributed by atoms with Gasteiger partial charge in [-0.2, -0.15) is 0 Å². The smallest absolute Gasteiger partial charge is 0.242 e. The summed E-state index contributed by atoms with van der Waals surface area (Å²) in [4.78, 5) is 2.46. The third kappa shape index (κ3) is 2.69. The first kappa shape index (κ1) is 14.1. The molecule has 1 aromatic carbocycles. The monoisotopic (exact) mass is 283 g/mol. The molecule has 0 amide bonds. The number of nitrogen functional groups attached to an aromatic ring is 1. The lowest BCUT2D eigenvalue weighted by atomic mass is 10.2. The maximum absolute atomic E-state index is 12.0. The van der Waals surface area contributed by atoms with E-state index in [4.69, 9.17) is 5.73 Å². The van der Waals surface area contributed by atoms with Crippen LogP contribution in [0.25, 0.3) is 0 Å². The molecule has 1 atom stereocenters. The maximum atomic E-state index is 12.0. The Hall–Kier alpha value is -1.27. The second kappa shape index (κ2) is 5.02. The third-order valence-electron chi connectivity index (χ3n) is 3.54. The predicted molar refractivity (Wildman–Crippen MR) is 77.7 cm³/mol. The van der Waals surface area contributed by atoms with E-state index in [0.29, 0.717) is 11.6 Å². The quantitative estimate of drug-likeness (QED) is 0.851. The number of rotatable bonds is 3. The molecule has 6 heteroatoms. The Morgan fingerprint density at radius 2 is 2.05 bits per heavy atom. The van der Waals surface area contributed by atoms with Crippen molar-refractivity contribution in [3.05, 3.63) is 18.2 Å². The van der Waals surface area contributed by atoms with Gasteiger partial charge in [-0.25, -0.2) is 12.7 Å². The van der Waals surface area contributed by atoms with Gasteiger partial charge in [-0.15, -0.1) is 0 Å². The summed E-state index contributed by atoms with van der Waals surface area (Å²) in [6, 6.07) is 4.99. The first-order valence-electron chi connectivity index (χ1n) is 6.39. The SMILES string of the molecule is CC1CCN(c2ccc(S(=O)(=O)N(C)C)cc2N)C1. The van der Waals surface area contributed by atoms with Crippen LogP contribution >= 0.6 is 0 Å². The van der Waals surface area contributed by atoms with Gasteiger partial charge in [-0.3, -0.25) is 0 Å². The van der Waals surface area contributed by atoms with E-state index in [-0.39, 0.29) is 4.90 Å². The van der Waals surface area contributed by atoms with E-state index in [1.807, 2.05) is 6.07 Å². The van der Waals surface area contributed by atoms with Crippen molar-refractivity contribution in [2.75, 3.05) is 37.8 Å². The lowest BCUT2D eigenvalue weighted by Gasteiger charge is -2.21. The summed E-state index contributed by atoms with van der Waals surface area (Å²) in [7, 11) is -0.385. The van der Waals surface area contributed by atoms with E-state index >= 15 is 0 Å². The summed E-state index contributed by atoms with van der Waals surface area (Å²) in [6.45, 7) is 4.16. The molecule has 0 spiro atoms. The molecule has 106 valence electrons. The van der Waals surface area contributed by atoms with Gasteiger partial charge in [-0.05, 0) is 30.5 Å². The lowest BCUT2D eigenvalue weighted by Crippen LogP contribution is -2.23. The number of anilines is 2. The molecule has 1 unspecified atom stereocenters. The van der Waals surface area contributed by atoms with Gasteiger partial charge in [0.15, 0.2) is 0 Å². The van der Waals surface area contributed by atoms with Crippen LogP contribution in [-0.2, 0) is 10.0 Å². The fraction of sp³-hybridized carbons (Fsp3) is 0.538. The predicted octanol–water partition coefficient (Wildman–Crippen LogP) is 1.37. The van der Waals surface area contributed by atoms with Crippen molar-refractivity contribution in [3.8, 4) is 0 Å². The average Bonchev–Trinajstić information content (AvgIpc) is 2.75. The molecule has 0 aliphatic carbocycles. The zero-order valence-electron chi connectivity index (χ0n) is 11.6. The Kier molecular flexibility index (Phi) is 3.73. The Morgan fingerprint density at radius 3 is 2.53 bits per heavy atom. The summed E-state index contributed by atoms with van der Waals surface area (Å²) >= 11 is 0. The maximum Gasteiger partial charge on any atom is 0.242 e. The van der Waals surface area contributed by atoms with Crippen LogP contribution in [0.15, 0.2) is 23.1 Å². The van der Waals surface area contributed by atoms with Gasteiger partial charge in [0.1, 0.15) is 0 Å². The van der Waals surface area contributed by atoms with Crippen LogP contribution in [0.2, 0.25) is 0 Å². The van der Waals surface area contributed by atoms with Crippen LogP contribution in [0, 0.1) is 5.92 Å². The first-order valence-corrected chi connectivity index (χ1v) is 7.83. The number of sulfonamides is 1. The van der Waals surface area contributed by atoms with Crippen LogP contribution in [0.1, 0.15) is 13.3 Å². The number of benzene rings is 1. The second-order valence-electron chi connectivity index (χ2n) is 5.35. The van der Waals surface area contributed by atoms with Gasteiger partial charge in [0.2, 0.25) is 10.0 Å². The summed E-state index contributed by atoms with van der Waals surface area (Å²) in [6.07, 6.45) is 1.15. The fourth-order valence-corrected chi connectivity index (χ4v) is 3.28. The molecular weight excluding hydrogens is 262 g/mol. The Bertz CT molecular complexity index is 569. The molecule has 0 radical (unpaired) electrons. The Labute approximate surface area is 115 Å². The van der Waals surface area contributed by atoms with Gasteiger partial charge >= 0.3 is 0 Å². The number of hydrogen-bond donors (Lipinski definition) is 1. The second-order valence-corrected chi connectivity index (χ2v) is 7.50. The van der Waals surface area contributed by atoms with E-state index in [2.05, 4.69) is 11.8 Å². The van der Waals surface area contributed by atoms with Crippen molar-refractivity contribution in [2.24, 2.45) is 5.92 Å². The molecule has 1 aliphatic heterocycles. The van der Waals surface area contributed by atoms with E-state index < -0.39 is 10.0 Å². The highest BCUT2D eigenvalue weighted by atomic mass is 32.2. The van der Waals surface area contributed by atoms with Crippen LogP contribution in [0.4, 0.5) is 11.4 Å². The van der Waals surface area contributed by atoms with Crippen molar-refractivity contribution < 1.29 is 8.42 Å². The molecule has 1 fully saturated rings. The van der Waals surface area contributed by atoms with Gasteiger partial charge in [0, 0.05) is 27.2 Å². The van der Waals surface area contributed by atoms with Crippen LogP contribution in [-0.4, -0.2) is 39.9 Å². The van der Waals surface area contributed by atoms with Crippen molar-refractivity contribution in [1.82, 2.24) is 4.31 Å². The Balaban J connectivity index is 2.33. The summed E-state index contributed by atoms with van der Waals surface area (Å²) < 4.78 is 25.2. The highest BCUT2D eigenvalue weighted by Crippen LogP contribution is 2.31. The molecular formula is C13H21N3O2S. The fourth-order valence-electron chi connectivity index (χ4n) is 2.35. The molecule has 0 bridgehead atoms. The molecule has 2 N–H and O–H groups in total. The third-order valence-corrected chi connectivity index (χ3v) is 5.35. The molecule has 1 aliphatic rings. The van der Waals surface area contributed by atoms with Gasteiger partial charge in [-0.1, -0.05) is 6.92 Å². The van der Waals surface area contributed by atoms with E-state index in [1.54, 1.807) is 12.1 Å². The normalized spacial score (nSPS) is 20.2. The summed E-state index contributed by atoms with van der Waals surface area (Å²) in [5.41, 5.74) is 7.48. The largest absolute Gasteiger partial charge is 0.397 e. The molecule has 1 heterocycles. The van der Waals surface area contributed by atoms with Crippen LogP contribution in [0.5, 0.6) is 0 Å². The standard InChI is InChI=1S/C13H21N3O2S/c1-10-6-7-16(9-10)13-5-4-11(8-12(13)14)19(17,18)15(2)3/h4-5,8,10H,6-7,9,14H2,1-3H3. The van der Waals surface area contributed by atoms with Crippen molar-refractivity contribution in [3.63, 3.8) is 0 Å². The molecule has 1 aromatic rings.